The second-order valence-corrected chi connectivity index (χ2v) is 4.13. The van der Waals surface area contributed by atoms with Crippen LogP contribution in [0.15, 0.2) is 18.2 Å². The van der Waals surface area contributed by atoms with Gasteiger partial charge in [0.15, 0.2) is 0 Å². The van der Waals surface area contributed by atoms with E-state index in [4.69, 9.17) is 4.74 Å². The van der Waals surface area contributed by atoms with Gasteiger partial charge in [0.1, 0.15) is 5.75 Å². The summed E-state index contributed by atoms with van der Waals surface area (Å²) in [6.07, 6.45) is 1.63. The first kappa shape index (κ1) is 11.0. The molecule has 0 saturated heterocycles. The standard InChI is InChI=1S/C13H17NO2/c1-4-13(5-2)9-7-6-8-10(16-3)11(9)14-12(13)15/h6-8H,4-5H2,1-3H3,(H,14,15). The Balaban J connectivity index is 2.62. The molecule has 0 unspecified atom stereocenters. The molecule has 1 N–H and O–H groups in total. The summed E-state index contributed by atoms with van der Waals surface area (Å²) in [5, 5.41) is 2.95. The van der Waals surface area contributed by atoms with E-state index in [1.165, 1.54) is 0 Å². The summed E-state index contributed by atoms with van der Waals surface area (Å²) < 4.78 is 5.27. The van der Waals surface area contributed by atoms with E-state index in [1.807, 2.05) is 18.2 Å². The lowest BCUT2D eigenvalue weighted by Gasteiger charge is -2.23. The molecule has 0 aliphatic carbocycles. The maximum absolute atomic E-state index is 12.1. The van der Waals surface area contributed by atoms with Crippen molar-refractivity contribution >= 4 is 11.6 Å². The molecule has 1 aliphatic heterocycles. The van der Waals surface area contributed by atoms with Gasteiger partial charge in [-0.3, -0.25) is 4.79 Å². The molecule has 0 spiro atoms. The average molecular weight is 219 g/mol. The van der Waals surface area contributed by atoms with Crippen LogP contribution in [0.1, 0.15) is 32.3 Å². The summed E-state index contributed by atoms with van der Waals surface area (Å²) in [7, 11) is 1.62. The van der Waals surface area contributed by atoms with Gasteiger partial charge in [0.2, 0.25) is 5.91 Å². The van der Waals surface area contributed by atoms with Crippen LogP contribution >= 0.6 is 0 Å². The Kier molecular flexibility index (Phi) is 2.62. The number of benzene rings is 1. The highest BCUT2D eigenvalue weighted by Gasteiger charge is 2.44. The molecular formula is C13H17NO2. The number of hydrogen-bond acceptors (Lipinski definition) is 2. The Labute approximate surface area is 95.8 Å². The minimum atomic E-state index is -0.371. The molecule has 1 amide bonds. The van der Waals surface area contributed by atoms with Crippen molar-refractivity contribution in [2.75, 3.05) is 12.4 Å². The number of methoxy groups -OCH3 is 1. The number of rotatable bonds is 3. The number of fused-ring (bicyclic) bond motifs is 1. The highest BCUT2D eigenvalue weighted by atomic mass is 16.5. The van der Waals surface area contributed by atoms with E-state index >= 15 is 0 Å². The van der Waals surface area contributed by atoms with Gasteiger partial charge in [-0.05, 0) is 24.5 Å². The van der Waals surface area contributed by atoms with Crippen molar-refractivity contribution in [3.05, 3.63) is 23.8 Å². The Morgan fingerprint density at radius 3 is 2.56 bits per heavy atom. The predicted octanol–water partition coefficient (Wildman–Crippen LogP) is 2.71. The minimum absolute atomic E-state index is 0.0944. The van der Waals surface area contributed by atoms with Crippen LogP contribution in [-0.2, 0) is 10.2 Å². The average Bonchev–Trinajstić information content (AvgIpc) is 2.61. The van der Waals surface area contributed by atoms with Crippen LogP contribution in [0.4, 0.5) is 5.69 Å². The summed E-state index contributed by atoms with van der Waals surface area (Å²) in [5.74, 6) is 0.839. The van der Waals surface area contributed by atoms with E-state index in [9.17, 15) is 4.79 Å². The molecular weight excluding hydrogens is 202 g/mol. The van der Waals surface area contributed by atoms with Gasteiger partial charge in [0, 0.05) is 0 Å². The van der Waals surface area contributed by atoms with Gasteiger partial charge >= 0.3 is 0 Å². The van der Waals surface area contributed by atoms with Gasteiger partial charge in [0.25, 0.3) is 0 Å². The highest BCUT2D eigenvalue weighted by molar-refractivity contribution is 6.07. The summed E-state index contributed by atoms with van der Waals surface area (Å²) in [6.45, 7) is 4.11. The van der Waals surface area contributed by atoms with Crippen molar-refractivity contribution in [1.29, 1.82) is 0 Å². The van der Waals surface area contributed by atoms with Gasteiger partial charge in [-0.2, -0.15) is 0 Å². The van der Waals surface area contributed by atoms with Gasteiger partial charge in [-0.25, -0.2) is 0 Å². The SMILES string of the molecule is CCC1(CC)C(=O)Nc2c(OC)cccc21. The molecule has 0 fully saturated rings. The molecule has 86 valence electrons. The number of nitrogens with one attached hydrogen (secondary N) is 1. The molecule has 1 aromatic carbocycles. The number of para-hydroxylation sites is 1. The van der Waals surface area contributed by atoms with Crippen LogP contribution in [0.2, 0.25) is 0 Å². The molecule has 0 atom stereocenters. The molecule has 0 aromatic heterocycles. The van der Waals surface area contributed by atoms with E-state index in [2.05, 4.69) is 19.2 Å². The summed E-state index contributed by atoms with van der Waals surface area (Å²) in [4.78, 5) is 12.1. The second kappa shape index (κ2) is 3.81. The molecule has 1 aliphatic rings. The maximum Gasteiger partial charge on any atom is 0.235 e. The van der Waals surface area contributed by atoms with Crippen LogP contribution in [-0.4, -0.2) is 13.0 Å². The monoisotopic (exact) mass is 219 g/mol. The van der Waals surface area contributed by atoms with Crippen molar-refractivity contribution in [3.8, 4) is 5.75 Å². The van der Waals surface area contributed by atoms with E-state index in [0.29, 0.717) is 0 Å². The number of anilines is 1. The van der Waals surface area contributed by atoms with Crippen molar-refractivity contribution < 1.29 is 9.53 Å². The molecule has 0 bridgehead atoms. The normalized spacial score (nSPS) is 16.8. The van der Waals surface area contributed by atoms with Crippen molar-refractivity contribution in [3.63, 3.8) is 0 Å². The van der Waals surface area contributed by atoms with Crippen LogP contribution in [0.3, 0.4) is 0 Å². The van der Waals surface area contributed by atoms with Gasteiger partial charge in [-0.15, -0.1) is 0 Å². The smallest absolute Gasteiger partial charge is 0.235 e. The quantitative estimate of drug-likeness (QED) is 0.848. The number of hydrogen-bond donors (Lipinski definition) is 1. The summed E-state index contributed by atoms with van der Waals surface area (Å²) in [5.41, 5.74) is 1.55. The molecule has 2 rings (SSSR count). The zero-order valence-corrected chi connectivity index (χ0v) is 9.96. The third kappa shape index (κ3) is 1.24. The van der Waals surface area contributed by atoms with Crippen LogP contribution < -0.4 is 10.1 Å². The van der Waals surface area contributed by atoms with Gasteiger partial charge in [-0.1, -0.05) is 26.0 Å². The van der Waals surface area contributed by atoms with Gasteiger partial charge in [0.05, 0.1) is 18.2 Å². The summed E-state index contributed by atoms with van der Waals surface area (Å²) >= 11 is 0. The Morgan fingerprint density at radius 2 is 2.00 bits per heavy atom. The first-order valence-electron chi connectivity index (χ1n) is 5.68. The zero-order valence-electron chi connectivity index (χ0n) is 9.96. The zero-order chi connectivity index (χ0) is 11.8. The lowest BCUT2D eigenvalue weighted by Crippen LogP contribution is -2.32. The molecule has 3 heteroatoms. The van der Waals surface area contributed by atoms with Crippen LogP contribution in [0, 0.1) is 0 Å². The van der Waals surface area contributed by atoms with Crippen LogP contribution in [0.5, 0.6) is 5.75 Å². The molecule has 16 heavy (non-hydrogen) atoms. The predicted molar refractivity (Wildman–Crippen MR) is 63.9 cm³/mol. The molecule has 1 heterocycles. The van der Waals surface area contributed by atoms with Gasteiger partial charge < -0.3 is 10.1 Å². The first-order valence-corrected chi connectivity index (χ1v) is 5.68. The largest absolute Gasteiger partial charge is 0.495 e. The molecule has 1 aromatic rings. The second-order valence-electron chi connectivity index (χ2n) is 4.13. The first-order chi connectivity index (χ1) is 7.69. The summed E-state index contributed by atoms with van der Waals surface area (Å²) in [6, 6.07) is 5.83. The fourth-order valence-electron chi connectivity index (χ4n) is 2.54. The Hall–Kier alpha value is -1.51. The fraction of sp³-hybridized carbons (Fsp3) is 0.462. The number of ether oxygens (including phenoxy) is 1. The Morgan fingerprint density at radius 1 is 1.31 bits per heavy atom. The van der Waals surface area contributed by atoms with Crippen LogP contribution in [0.25, 0.3) is 0 Å². The number of amides is 1. The van der Waals surface area contributed by atoms with Crippen molar-refractivity contribution in [1.82, 2.24) is 0 Å². The van der Waals surface area contributed by atoms with E-state index in [-0.39, 0.29) is 11.3 Å². The molecule has 0 radical (unpaired) electrons. The van der Waals surface area contributed by atoms with Crippen molar-refractivity contribution in [2.45, 2.75) is 32.1 Å². The van der Waals surface area contributed by atoms with E-state index in [1.54, 1.807) is 7.11 Å². The topological polar surface area (TPSA) is 38.3 Å². The lowest BCUT2D eigenvalue weighted by atomic mass is 9.77. The molecule has 0 saturated carbocycles. The minimum Gasteiger partial charge on any atom is -0.495 e. The fourth-order valence-corrected chi connectivity index (χ4v) is 2.54. The Bertz CT molecular complexity index is 422. The third-order valence-corrected chi connectivity index (χ3v) is 3.64. The maximum atomic E-state index is 12.1. The number of carbonyl (C=O) groups is 1. The van der Waals surface area contributed by atoms with E-state index < -0.39 is 0 Å². The lowest BCUT2D eigenvalue weighted by molar-refractivity contribution is -0.121. The highest BCUT2D eigenvalue weighted by Crippen LogP contribution is 2.46. The third-order valence-electron chi connectivity index (χ3n) is 3.64. The van der Waals surface area contributed by atoms with Crippen molar-refractivity contribution in [2.24, 2.45) is 0 Å². The van der Waals surface area contributed by atoms with E-state index in [0.717, 1.165) is 29.8 Å². The molecule has 3 nitrogen and oxygen atoms in total. The number of carbonyl (C=O) groups excluding carboxylic acids is 1.